The molecule has 0 spiro atoms. The first-order valence-corrected chi connectivity index (χ1v) is 11.6. The number of amides is 1. The van der Waals surface area contributed by atoms with E-state index in [1.54, 1.807) is 32.4 Å². The molecule has 9 heteroatoms. The maximum absolute atomic E-state index is 12.9. The van der Waals surface area contributed by atoms with Gasteiger partial charge in [0.15, 0.2) is 11.5 Å². The number of ether oxygens (including phenoxy) is 2. The summed E-state index contributed by atoms with van der Waals surface area (Å²) >= 11 is 0. The van der Waals surface area contributed by atoms with E-state index in [1.165, 1.54) is 0 Å². The molecule has 9 nitrogen and oxygen atoms in total. The molecular formula is C25H28N4O5. The Morgan fingerprint density at radius 3 is 2.79 bits per heavy atom. The number of likely N-dealkylation sites (tertiary alicyclic amines) is 1. The van der Waals surface area contributed by atoms with E-state index < -0.39 is 0 Å². The van der Waals surface area contributed by atoms with E-state index in [9.17, 15) is 9.59 Å². The topological polar surface area (TPSA) is 99.7 Å². The van der Waals surface area contributed by atoms with Crippen LogP contribution >= 0.6 is 0 Å². The number of piperidine rings is 1. The minimum atomic E-state index is 0.0546. The van der Waals surface area contributed by atoms with Gasteiger partial charge in [-0.3, -0.25) is 9.59 Å². The zero-order valence-corrected chi connectivity index (χ0v) is 19.4. The molecule has 1 fully saturated rings. The van der Waals surface area contributed by atoms with Crippen LogP contribution in [0.1, 0.15) is 36.8 Å². The predicted molar refractivity (Wildman–Crippen MR) is 124 cm³/mol. The number of aromatic nitrogens is 3. The molecule has 0 N–H and O–H groups in total. The Bertz CT molecular complexity index is 1250. The first-order chi connectivity index (χ1) is 16.6. The van der Waals surface area contributed by atoms with E-state index in [2.05, 4.69) is 10.1 Å². The van der Waals surface area contributed by atoms with Gasteiger partial charge in [-0.1, -0.05) is 11.2 Å². The van der Waals surface area contributed by atoms with Crippen molar-refractivity contribution in [3.8, 4) is 22.9 Å². The van der Waals surface area contributed by atoms with Gasteiger partial charge in [0, 0.05) is 55.7 Å². The van der Waals surface area contributed by atoms with Crippen LogP contribution in [0.4, 0.5) is 0 Å². The monoisotopic (exact) mass is 464 g/mol. The first-order valence-electron chi connectivity index (χ1n) is 11.6. The lowest BCUT2D eigenvalue weighted by atomic mass is 9.83. The van der Waals surface area contributed by atoms with Crippen molar-refractivity contribution in [3.05, 3.63) is 58.3 Å². The fourth-order valence-corrected chi connectivity index (χ4v) is 5.10. The van der Waals surface area contributed by atoms with Gasteiger partial charge in [0.2, 0.25) is 17.6 Å². The molecule has 1 saturated heterocycles. The number of hydrogen-bond donors (Lipinski definition) is 0. The van der Waals surface area contributed by atoms with Crippen LogP contribution in [0.5, 0.6) is 11.5 Å². The quantitative estimate of drug-likeness (QED) is 0.530. The number of carbonyl (C=O) groups is 1. The molecule has 2 aliphatic heterocycles. The van der Waals surface area contributed by atoms with Crippen molar-refractivity contribution in [3.63, 3.8) is 0 Å². The summed E-state index contributed by atoms with van der Waals surface area (Å²) in [5.74, 6) is 2.89. The molecule has 1 aromatic carbocycles. The van der Waals surface area contributed by atoms with Gasteiger partial charge >= 0.3 is 0 Å². The van der Waals surface area contributed by atoms with Crippen molar-refractivity contribution in [1.29, 1.82) is 0 Å². The molecule has 0 radical (unpaired) electrons. The van der Waals surface area contributed by atoms with Gasteiger partial charge in [0.1, 0.15) is 0 Å². The SMILES string of the molecule is COc1ccc(-c2noc(CCCC(=O)N3C[C@H]4C[C@@H](C3)c3cccc(=O)n3C4)n2)cc1OC. The Hall–Kier alpha value is -3.62. The molecule has 2 aromatic heterocycles. The normalized spacial score (nSPS) is 18.9. The largest absolute Gasteiger partial charge is 0.493 e. The lowest BCUT2D eigenvalue weighted by Crippen LogP contribution is -2.49. The highest BCUT2D eigenvalue weighted by Crippen LogP contribution is 2.35. The van der Waals surface area contributed by atoms with Crippen LogP contribution in [-0.4, -0.2) is 52.8 Å². The van der Waals surface area contributed by atoms with Crippen molar-refractivity contribution >= 4 is 5.91 Å². The highest BCUT2D eigenvalue weighted by molar-refractivity contribution is 5.76. The third-order valence-electron chi connectivity index (χ3n) is 6.72. The van der Waals surface area contributed by atoms with Gasteiger partial charge in [0.05, 0.1) is 14.2 Å². The van der Waals surface area contributed by atoms with Crippen molar-refractivity contribution in [2.24, 2.45) is 5.92 Å². The van der Waals surface area contributed by atoms with E-state index in [-0.39, 0.29) is 17.4 Å². The summed E-state index contributed by atoms with van der Waals surface area (Å²) in [7, 11) is 3.16. The number of pyridine rings is 1. The van der Waals surface area contributed by atoms with Gasteiger partial charge in [-0.25, -0.2) is 0 Å². The molecule has 2 aliphatic rings. The number of rotatable bonds is 7. The van der Waals surface area contributed by atoms with Crippen LogP contribution < -0.4 is 15.0 Å². The fourth-order valence-electron chi connectivity index (χ4n) is 5.10. The number of hydrogen-bond acceptors (Lipinski definition) is 7. The summed E-state index contributed by atoms with van der Waals surface area (Å²) in [5, 5.41) is 4.07. The van der Waals surface area contributed by atoms with Crippen molar-refractivity contribution in [1.82, 2.24) is 19.6 Å². The van der Waals surface area contributed by atoms with Crippen LogP contribution in [0, 0.1) is 5.92 Å². The number of fused-ring (bicyclic) bond motifs is 4. The molecule has 3 aromatic rings. The van der Waals surface area contributed by atoms with Crippen LogP contribution in [0.15, 0.2) is 45.7 Å². The van der Waals surface area contributed by atoms with E-state index in [0.29, 0.717) is 68.0 Å². The molecular weight excluding hydrogens is 436 g/mol. The van der Waals surface area contributed by atoms with Crippen LogP contribution in [0.2, 0.25) is 0 Å². The molecule has 2 bridgehead atoms. The van der Waals surface area contributed by atoms with Crippen LogP contribution in [-0.2, 0) is 17.8 Å². The summed E-state index contributed by atoms with van der Waals surface area (Å²) in [5.41, 5.74) is 1.87. The molecule has 0 aliphatic carbocycles. The smallest absolute Gasteiger partial charge is 0.250 e. The Morgan fingerprint density at radius 1 is 1.12 bits per heavy atom. The molecule has 0 saturated carbocycles. The van der Waals surface area contributed by atoms with Crippen molar-refractivity contribution < 1.29 is 18.8 Å². The second-order valence-corrected chi connectivity index (χ2v) is 8.93. The van der Waals surface area contributed by atoms with Crippen LogP contribution in [0.25, 0.3) is 11.4 Å². The third kappa shape index (κ3) is 4.30. The molecule has 2 atom stereocenters. The summed E-state index contributed by atoms with van der Waals surface area (Å²) in [6.07, 6.45) is 2.63. The lowest BCUT2D eigenvalue weighted by Gasteiger charge is -2.42. The Kier molecular flexibility index (Phi) is 6.08. The Labute approximate surface area is 197 Å². The average Bonchev–Trinajstić information content (AvgIpc) is 3.33. The highest BCUT2D eigenvalue weighted by atomic mass is 16.5. The Balaban J connectivity index is 1.17. The van der Waals surface area contributed by atoms with Crippen molar-refractivity contribution in [2.75, 3.05) is 27.3 Å². The minimum absolute atomic E-state index is 0.0546. The summed E-state index contributed by atoms with van der Waals surface area (Å²) in [6, 6.07) is 10.9. The number of carbonyl (C=O) groups excluding carboxylic acids is 1. The van der Waals surface area contributed by atoms with E-state index in [1.807, 2.05) is 27.7 Å². The van der Waals surface area contributed by atoms with Gasteiger partial charge in [-0.05, 0) is 43.0 Å². The maximum atomic E-state index is 12.9. The van der Waals surface area contributed by atoms with E-state index in [0.717, 1.165) is 17.7 Å². The van der Waals surface area contributed by atoms with Gasteiger partial charge < -0.3 is 23.5 Å². The molecule has 178 valence electrons. The predicted octanol–water partition coefficient (Wildman–Crippen LogP) is 2.88. The summed E-state index contributed by atoms with van der Waals surface area (Å²) < 4.78 is 17.9. The second-order valence-electron chi connectivity index (χ2n) is 8.93. The average molecular weight is 465 g/mol. The third-order valence-corrected chi connectivity index (χ3v) is 6.72. The van der Waals surface area contributed by atoms with E-state index >= 15 is 0 Å². The number of methoxy groups -OCH3 is 2. The summed E-state index contributed by atoms with van der Waals surface area (Å²) in [6.45, 7) is 2.07. The molecule has 5 rings (SSSR count). The fraction of sp³-hybridized carbons (Fsp3) is 0.440. The number of aryl methyl sites for hydroxylation is 1. The molecule has 34 heavy (non-hydrogen) atoms. The zero-order valence-electron chi connectivity index (χ0n) is 19.4. The highest BCUT2D eigenvalue weighted by Gasteiger charge is 2.35. The number of nitrogens with zero attached hydrogens (tertiary/aromatic N) is 4. The first kappa shape index (κ1) is 22.2. The molecule has 4 heterocycles. The maximum Gasteiger partial charge on any atom is 0.250 e. The minimum Gasteiger partial charge on any atom is -0.493 e. The van der Waals surface area contributed by atoms with Gasteiger partial charge in [-0.15, -0.1) is 0 Å². The standard InChI is InChI=1S/C25H28N4O5/c1-32-20-10-9-17(12-21(20)33-2)25-26-22(34-27-25)6-4-7-23(30)28-13-16-11-18(15-28)19-5-3-8-24(31)29(19)14-16/h3,5,8-10,12,16,18H,4,6-7,11,13-15H2,1-2H3/t16-,18+/m1/s1. The molecule has 1 amide bonds. The van der Waals surface area contributed by atoms with Crippen LogP contribution in [0.3, 0.4) is 0 Å². The summed E-state index contributed by atoms with van der Waals surface area (Å²) in [4.78, 5) is 31.5. The van der Waals surface area contributed by atoms with E-state index in [4.69, 9.17) is 14.0 Å². The van der Waals surface area contributed by atoms with Gasteiger partial charge in [0.25, 0.3) is 5.56 Å². The lowest BCUT2D eigenvalue weighted by molar-refractivity contribution is -0.134. The zero-order chi connectivity index (χ0) is 23.7. The van der Waals surface area contributed by atoms with Gasteiger partial charge in [-0.2, -0.15) is 4.98 Å². The molecule has 0 unspecified atom stereocenters. The Morgan fingerprint density at radius 2 is 1.97 bits per heavy atom. The van der Waals surface area contributed by atoms with Crippen molar-refractivity contribution in [2.45, 2.75) is 38.1 Å². The second kappa shape index (κ2) is 9.32. The number of benzene rings is 1.